The maximum Gasteiger partial charge on any atom is 0.264 e. The molecule has 3 aromatic carbocycles. The number of nitrogens with zero attached hydrogens (tertiary/aromatic N) is 2. The minimum atomic E-state index is -4.19. The number of nitrogens with one attached hydrogen (secondary N) is 1. The zero-order chi connectivity index (χ0) is 30.2. The van der Waals surface area contributed by atoms with Crippen molar-refractivity contribution in [3.05, 3.63) is 87.9 Å². The molecule has 0 unspecified atom stereocenters. The molecule has 0 aliphatic carbocycles. The van der Waals surface area contributed by atoms with Crippen LogP contribution in [0.3, 0.4) is 0 Å². The minimum absolute atomic E-state index is 0.00302. The number of aryl methyl sites for hydroxylation is 2. The van der Waals surface area contributed by atoms with Crippen molar-refractivity contribution in [3.63, 3.8) is 0 Å². The standard InChI is InChI=1S/C31H38BrN3O5S/c1-6-18-33-31(37)28(7-2)34(20-24-11-9-8-10-23(24)4)30(36)21-35(25-14-12-22(3)13-15-25)41(38,39)26-16-17-29(40-5)27(32)19-26/h8-17,19,28H,6-7,18,20-21H2,1-5H3,(H,33,37)/t28-/m1/s1. The summed E-state index contributed by atoms with van der Waals surface area (Å²) in [6, 6.07) is 18.3. The number of rotatable bonds is 13. The molecule has 0 saturated carbocycles. The molecule has 41 heavy (non-hydrogen) atoms. The summed E-state index contributed by atoms with van der Waals surface area (Å²) >= 11 is 3.37. The third-order valence-corrected chi connectivity index (χ3v) is 9.24. The van der Waals surface area contributed by atoms with Crippen LogP contribution in [0.4, 0.5) is 5.69 Å². The van der Waals surface area contributed by atoms with Gasteiger partial charge in [-0.1, -0.05) is 55.8 Å². The summed E-state index contributed by atoms with van der Waals surface area (Å²) in [4.78, 5) is 28.8. The van der Waals surface area contributed by atoms with E-state index in [1.165, 1.54) is 24.1 Å². The average Bonchev–Trinajstić information content (AvgIpc) is 2.95. The van der Waals surface area contributed by atoms with Gasteiger partial charge in [0.1, 0.15) is 18.3 Å². The first-order valence-electron chi connectivity index (χ1n) is 13.6. The van der Waals surface area contributed by atoms with Crippen LogP contribution in [0, 0.1) is 13.8 Å². The number of benzene rings is 3. The number of halogens is 1. The highest BCUT2D eigenvalue weighted by atomic mass is 79.9. The van der Waals surface area contributed by atoms with Crippen LogP contribution in [-0.2, 0) is 26.2 Å². The van der Waals surface area contributed by atoms with E-state index in [9.17, 15) is 18.0 Å². The van der Waals surface area contributed by atoms with Crippen LogP contribution in [0.5, 0.6) is 5.75 Å². The molecule has 1 atom stereocenters. The van der Waals surface area contributed by atoms with Crippen LogP contribution in [0.25, 0.3) is 0 Å². The monoisotopic (exact) mass is 643 g/mol. The SMILES string of the molecule is CCCNC(=O)[C@@H](CC)N(Cc1ccccc1C)C(=O)CN(c1ccc(C)cc1)S(=O)(=O)c1ccc(OC)c(Br)c1. The van der Waals surface area contributed by atoms with E-state index in [4.69, 9.17) is 4.74 Å². The first-order chi connectivity index (χ1) is 19.5. The molecule has 0 heterocycles. The molecule has 2 amide bonds. The molecule has 0 aromatic heterocycles. The molecular weight excluding hydrogens is 606 g/mol. The Morgan fingerprint density at radius 3 is 2.27 bits per heavy atom. The number of methoxy groups -OCH3 is 1. The Hall–Kier alpha value is -3.37. The molecule has 3 rings (SSSR count). The Kier molecular flexibility index (Phi) is 11.4. The summed E-state index contributed by atoms with van der Waals surface area (Å²) in [5.74, 6) is -0.265. The maximum absolute atomic E-state index is 14.1. The lowest BCUT2D eigenvalue weighted by atomic mass is 10.1. The summed E-state index contributed by atoms with van der Waals surface area (Å²) in [5, 5.41) is 2.90. The number of ether oxygens (including phenoxy) is 1. The van der Waals surface area contributed by atoms with Gasteiger partial charge in [0, 0.05) is 13.1 Å². The van der Waals surface area contributed by atoms with Gasteiger partial charge < -0.3 is 15.0 Å². The molecule has 3 aromatic rings. The van der Waals surface area contributed by atoms with Gasteiger partial charge in [-0.3, -0.25) is 13.9 Å². The summed E-state index contributed by atoms with van der Waals surface area (Å²) in [5.41, 5.74) is 3.14. The Morgan fingerprint density at radius 2 is 1.68 bits per heavy atom. The fourth-order valence-corrected chi connectivity index (χ4v) is 6.56. The maximum atomic E-state index is 14.1. The molecule has 10 heteroatoms. The number of anilines is 1. The zero-order valence-electron chi connectivity index (χ0n) is 24.2. The van der Waals surface area contributed by atoms with Gasteiger partial charge in [0.15, 0.2) is 0 Å². The van der Waals surface area contributed by atoms with Crippen LogP contribution < -0.4 is 14.4 Å². The lowest BCUT2D eigenvalue weighted by Crippen LogP contribution is -2.52. The Labute approximate surface area is 251 Å². The molecular formula is C31H38BrN3O5S. The van der Waals surface area contributed by atoms with Crippen molar-refractivity contribution in [1.82, 2.24) is 10.2 Å². The fourth-order valence-electron chi connectivity index (χ4n) is 4.43. The van der Waals surface area contributed by atoms with Gasteiger partial charge in [0.25, 0.3) is 10.0 Å². The highest BCUT2D eigenvalue weighted by Gasteiger charge is 2.34. The van der Waals surface area contributed by atoms with Crippen molar-refractivity contribution < 1.29 is 22.7 Å². The van der Waals surface area contributed by atoms with Crippen LogP contribution in [-0.4, -0.2) is 51.4 Å². The fraction of sp³-hybridized carbons (Fsp3) is 0.355. The summed E-state index contributed by atoms with van der Waals surface area (Å²) in [7, 11) is -2.70. The van der Waals surface area contributed by atoms with Crippen molar-refractivity contribution in [2.75, 3.05) is 24.5 Å². The van der Waals surface area contributed by atoms with Crippen LogP contribution in [0.1, 0.15) is 43.4 Å². The van der Waals surface area contributed by atoms with Gasteiger partial charge in [-0.15, -0.1) is 0 Å². The molecule has 0 saturated heterocycles. The van der Waals surface area contributed by atoms with Gasteiger partial charge in [0.2, 0.25) is 11.8 Å². The number of amides is 2. The molecule has 8 nitrogen and oxygen atoms in total. The predicted molar refractivity (Wildman–Crippen MR) is 166 cm³/mol. The third kappa shape index (κ3) is 7.89. The molecule has 0 aliphatic heterocycles. The Morgan fingerprint density at radius 1 is 1.00 bits per heavy atom. The molecule has 0 aliphatic rings. The summed E-state index contributed by atoms with van der Waals surface area (Å²) in [6.45, 7) is 7.81. The third-order valence-electron chi connectivity index (χ3n) is 6.85. The Balaban J connectivity index is 2.08. The van der Waals surface area contributed by atoms with E-state index >= 15 is 0 Å². The van der Waals surface area contributed by atoms with Crippen molar-refractivity contribution >= 4 is 43.5 Å². The number of carbonyl (C=O) groups excluding carboxylic acids is 2. The largest absolute Gasteiger partial charge is 0.496 e. The highest BCUT2D eigenvalue weighted by molar-refractivity contribution is 9.10. The van der Waals surface area contributed by atoms with Crippen molar-refractivity contribution in [1.29, 1.82) is 0 Å². The quantitative estimate of drug-likeness (QED) is 0.261. The highest BCUT2D eigenvalue weighted by Crippen LogP contribution is 2.31. The van der Waals surface area contributed by atoms with E-state index in [2.05, 4.69) is 21.2 Å². The van der Waals surface area contributed by atoms with Gasteiger partial charge in [-0.25, -0.2) is 8.42 Å². The van der Waals surface area contributed by atoms with Crippen molar-refractivity contribution in [3.8, 4) is 5.75 Å². The zero-order valence-corrected chi connectivity index (χ0v) is 26.6. The van der Waals surface area contributed by atoms with Crippen LogP contribution in [0.15, 0.2) is 76.1 Å². The molecule has 1 N–H and O–H groups in total. The minimum Gasteiger partial charge on any atom is -0.496 e. The molecule has 0 bridgehead atoms. The van der Waals surface area contributed by atoms with Gasteiger partial charge in [-0.05, 0) is 84.1 Å². The van der Waals surface area contributed by atoms with E-state index in [1.807, 2.05) is 52.0 Å². The Bertz CT molecular complexity index is 1460. The van der Waals surface area contributed by atoms with Gasteiger partial charge in [0.05, 0.1) is 22.2 Å². The summed E-state index contributed by atoms with van der Waals surface area (Å²) < 4.78 is 35.0. The molecule has 0 radical (unpaired) electrons. The van der Waals surface area contributed by atoms with E-state index in [1.54, 1.807) is 30.3 Å². The second-order valence-corrected chi connectivity index (χ2v) is 12.5. The van der Waals surface area contributed by atoms with Crippen molar-refractivity contribution in [2.24, 2.45) is 0 Å². The van der Waals surface area contributed by atoms with E-state index < -0.39 is 28.5 Å². The van der Waals surface area contributed by atoms with Crippen LogP contribution >= 0.6 is 15.9 Å². The van der Waals surface area contributed by atoms with E-state index in [-0.39, 0.29) is 17.3 Å². The first kappa shape index (κ1) is 32.1. The van der Waals surface area contributed by atoms with E-state index in [0.29, 0.717) is 28.9 Å². The van der Waals surface area contributed by atoms with Gasteiger partial charge in [-0.2, -0.15) is 0 Å². The second kappa shape index (κ2) is 14.5. The topological polar surface area (TPSA) is 96.0 Å². The van der Waals surface area contributed by atoms with Crippen LogP contribution in [0.2, 0.25) is 0 Å². The van der Waals surface area contributed by atoms with Crippen molar-refractivity contribution in [2.45, 2.75) is 58.0 Å². The van der Waals surface area contributed by atoms with Gasteiger partial charge >= 0.3 is 0 Å². The molecule has 220 valence electrons. The smallest absolute Gasteiger partial charge is 0.264 e. The normalized spacial score (nSPS) is 12.0. The molecule has 0 spiro atoms. The lowest BCUT2D eigenvalue weighted by Gasteiger charge is -2.33. The summed E-state index contributed by atoms with van der Waals surface area (Å²) in [6.07, 6.45) is 1.13. The number of carbonyl (C=O) groups is 2. The molecule has 0 fully saturated rings. The van der Waals surface area contributed by atoms with E-state index in [0.717, 1.165) is 27.4 Å². The predicted octanol–water partition coefficient (Wildman–Crippen LogP) is 5.60. The number of sulfonamides is 1. The number of hydrogen-bond acceptors (Lipinski definition) is 5. The average molecular weight is 645 g/mol. The number of hydrogen-bond donors (Lipinski definition) is 1. The second-order valence-electron chi connectivity index (χ2n) is 9.81. The first-order valence-corrected chi connectivity index (χ1v) is 15.8. The lowest BCUT2D eigenvalue weighted by molar-refractivity contribution is -0.140.